The monoisotopic (exact) mass is 299 g/mol. The third-order valence-corrected chi connectivity index (χ3v) is 3.42. The van der Waals surface area contributed by atoms with Gasteiger partial charge in [0.05, 0.1) is 6.04 Å². The van der Waals surface area contributed by atoms with Crippen molar-refractivity contribution in [2.75, 3.05) is 20.6 Å². The lowest BCUT2D eigenvalue weighted by Gasteiger charge is -2.23. The van der Waals surface area contributed by atoms with E-state index >= 15 is 0 Å². The summed E-state index contributed by atoms with van der Waals surface area (Å²) in [5.41, 5.74) is 1.22. The zero-order valence-corrected chi connectivity index (χ0v) is 13.1. The van der Waals surface area contributed by atoms with Gasteiger partial charge in [-0.3, -0.25) is 9.59 Å². The molecule has 0 aliphatic rings. The van der Waals surface area contributed by atoms with Crippen LogP contribution in [0.1, 0.15) is 22.0 Å². The number of carbonyl (C=O) groups excluding carboxylic acids is 1. The number of nitrogens with zero attached hydrogens (tertiary/aromatic N) is 2. The first kappa shape index (κ1) is 16.0. The Kier molecular flexibility index (Phi) is 5.12. The van der Waals surface area contributed by atoms with E-state index in [9.17, 15) is 9.59 Å². The molecule has 1 amide bonds. The van der Waals surface area contributed by atoms with Gasteiger partial charge in [-0.05, 0) is 25.7 Å². The van der Waals surface area contributed by atoms with Crippen LogP contribution in [-0.2, 0) is 7.05 Å². The molecule has 5 nitrogen and oxygen atoms in total. The van der Waals surface area contributed by atoms with Crippen LogP contribution < -0.4 is 10.9 Å². The van der Waals surface area contributed by atoms with Crippen LogP contribution in [0.4, 0.5) is 0 Å². The molecular formula is C17H21N3O2. The van der Waals surface area contributed by atoms with E-state index in [1.165, 1.54) is 10.6 Å². The second-order valence-corrected chi connectivity index (χ2v) is 5.56. The number of nitrogens with one attached hydrogen (secondary N) is 1. The summed E-state index contributed by atoms with van der Waals surface area (Å²) < 4.78 is 1.44. The maximum atomic E-state index is 12.4. The topological polar surface area (TPSA) is 54.3 Å². The van der Waals surface area contributed by atoms with E-state index in [0.717, 1.165) is 5.56 Å². The molecule has 0 unspecified atom stereocenters. The van der Waals surface area contributed by atoms with Crippen molar-refractivity contribution in [1.82, 2.24) is 14.8 Å². The molecule has 0 aliphatic carbocycles. The molecule has 1 atom stereocenters. The largest absolute Gasteiger partial charge is 0.344 e. The quantitative estimate of drug-likeness (QED) is 0.908. The predicted molar refractivity (Wildman–Crippen MR) is 86.9 cm³/mol. The Morgan fingerprint density at radius 1 is 1.23 bits per heavy atom. The van der Waals surface area contributed by atoms with Gasteiger partial charge in [0.15, 0.2) is 0 Å². The normalized spacial score (nSPS) is 12.2. The van der Waals surface area contributed by atoms with Gasteiger partial charge in [-0.2, -0.15) is 0 Å². The van der Waals surface area contributed by atoms with Gasteiger partial charge in [0.1, 0.15) is 0 Å². The van der Waals surface area contributed by atoms with E-state index in [2.05, 4.69) is 5.32 Å². The summed E-state index contributed by atoms with van der Waals surface area (Å²) in [4.78, 5) is 26.1. The molecule has 2 rings (SSSR count). The number of carbonyl (C=O) groups is 1. The van der Waals surface area contributed by atoms with Crippen LogP contribution in [0.25, 0.3) is 0 Å². The molecule has 5 heteroatoms. The Bertz CT molecular complexity index is 693. The van der Waals surface area contributed by atoms with Crippen molar-refractivity contribution in [1.29, 1.82) is 0 Å². The Hall–Kier alpha value is -2.40. The van der Waals surface area contributed by atoms with Crippen LogP contribution in [-0.4, -0.2) is 36.0 Å². The first-order chi connectivity index (χ1) is 10.5. The van der Waals surface area contributed by atoms with Crippen molar-refractivity contribution in [3.05, 3.63) is 70.1 Å². The fraction of sp³-hybridized carbons (Fsp3) is 0.294. The molecule has 0 saturated carbocycles. The van der Waals surface area contributed by atoms with E-state index in [1.807, 2.05) is 49.3 Å². The van der Waals surface area contributed by atoms with E-state index < -0.39 is 0 Å². The van der Waals surface area contributed by atoms with E-state index in [-0.39, 0.29) is 17.5 Å². The third-order valence-electron chi connectivity index (χ3n) is 3.42. The average molecular weight is 299 g/mol. The molecule has 0 aliphatic heterocycles. The fourth-order valence-electron chi connectivity index (χ4n) is 2.22. The number of rotatable bonds is 5. The minimum atomic E-state index is -0.242. The number of amides is 1. The second-order valence-electron chi connectivity index (χ2n) is 5.56. The Morgan fingerprint density at radius 2 is 1.91 bits per heavy atom. The number of hydrogen-bond donors (Lipinski definition) is 1. The highest BCUT2D eigenvalue weighted by molar-refractivity contribution is 5.94. The van der Waals surface area contributed by atoms with Crippen molar-refractivity contribution in [3.63, 3.8) is 0 Å². The smallest absolute Gasteiger partial charge is 0.252 e. The first-order valence-electron chi connectivity index (χ1n) is 7.14. The van der Waals surface area contributed by atoms with E-state index in [4.69, 9.17) is 0 Å². The average Bonchev–Trinajstić information content (AvgIpc) is 2.49. The van der Waals surface area contributed by atoms with Gasteiger partial charge in [-0.15, -0.1) is 0 Å². The summed E-state index contributed by atoms with van der Waals surface area (Å²) in [6.07, 6.45) is 1.60. The fourth-order valence-corrected chi connectivity index (χ4v) is 2.22. The lowest BCUT2D eigenvalue weighted by Crippen LogP contribution is -2.35. The van der Waals surface area contributed by atoms with Crippen molar-refractivity contribution < 1.29 is 4.79 Å². The maximum Gasteiger partial charge on any atom is 0.252 e. The van der Waals surface area contributed by atoms with Crippen LogP contribution in [0.15, 0.2) is 53.5 Å². The number of aryl methyl sites for hydroxylation is 1. The molecule has 0 radical (unpaired) electrons. The zero-order valence-electron chi connectivity index (χ0n) is 13.1. The van der Waals surface area contributed by atoms with Crippen LogP contribution in [0.3, 0.4) is 0 Å². The van der Waals surface area contributed by atoms with Crippen LogP contribution in [0, 0.1) is 0 Å². The highest BCUT2D eigenvalue weighted by Gasteiger charge is 2.16. The number of aromatic nitrogens is 1. The number of hydrogen-bond acceptors (Lipinski definition) is 3. The Balaban J connectivity index is 2.21. The number of pyridine rings is 1. The van der Waals surface area contributed by atoms with Gasteiger partial charge in [0.25, 0.3) is 11.5 Å². The minimum absolute atomic E-state index is 0.132. The summed E-state index contributed by atoms with van der Waals surface area (Å²) in [6, 6.07) is 12.7. The van der Waals surface area contributed by atoms with Gasteiger partial charge >= 0.3 is 0 Å². The summed E-state index contributed by atoms with van der Waals surface area (Å²) in [5.74, 6) is -0.242. The molecule has 0 saturated heterocycles. The number of benzene rings is 1. The van der Waals surface area contributed by atoms with Gasteiger partial charge in [-0.1, -0.05) is 30.3 Å². The van der Waals surface area contributed by atoms with Gasteiger partial charge in [0, 0.05) is 31.4 Å². The van der Waals surface area contributed by atoms with E-state index in [1.54, 1.807) is 19.3 Å². The predicted octanol–water partition coefficient (Wildman–Crippen LogP) is 1.42. The van der Waals surface area contributed by atoms with Gasteiger partial charge < -0.3 is 14.8 Å². The van der Waals surface area contributed by atoms with Crippen molar-refractivity contribution in [3.8, 4) is 0 Å². The lowest BCUT2D eigenvalue weighted by atomic mass is 10.1. The van der Waals surface area contributed by atoms with E-state index in [0.29, 0.717) is 12.1 Å². The minimum Gasteiger partial charge on any atom is -0.344 e. The van der Waals surface area contributed by atoms with Crippen molar-refractivity contribution >= 4 is 5.91 Å². The molecule has 1 heterocycles. The van der Waals surface area contributed by atoms with Gasteiger partial charge in [0.2, 0.25) is 0 Å². The molecular weight excluding hydrogens is 278 g/mol. The molecule has 1 aromatic carbocycles. The van der Waals surface area contributed by atoms with Crippen molar-refractivity contribution in [2.24, 2.45) is 7.05 Å². The summed E-state index contributed by atoms with van der Waals surface area (Å²) in [7, 11) is 5.57. The molecule has 22 heavy (non-hydrogen) atoms. The molecule has 0 spiro atoms. The Morgan fingerprint density at radius 3 is 2.50 bits per heavy atom. The molecule has 0 fully saturated rings. The van der Waals surface area contributed by atoms with Crippen LogP contribution >= 0.6 is 0 Å². The SMILES string of the molecule is CN(C)C[C@H](NC(=O)c1ccn(C)c(=O)c1)c1ccccc1. The summed E-state index contributed by atoms with van der Waals surface area (Å²) in [6.45, 7) is 0.681. The first-order valence-corrected chi connectivity index (χ1v) is 7.14. The van der Waals surface area contributed by atoms with Crippen molar-refractivity contribution in [2.45, 2.75) is 6.04 Å². The summed E-state index contributed by atoms with van der Waals surface area (Å²) >= 11 is 0. The molecule has 0 bridgehead atoms. The third kappa shape index (κ3) is 4.05. The maximum absolute atomic E-state index is 12.4. The zero-order chi connectivity index (χ0) is 16.1. The molecule has 1 N–H and O–H groups in total. The standard InChI is InChI=1S/C17H21N3O2/c1-19(2)12-15(13-7-5-4-6-8-13)18-17(22)14-9-10-20(3)16(21)11-14/h4-11,15H,12H2,1-3H3,(H,18,22)/t15-/m0/s1. The van der Waals surface area contributed by atoms with Crippen LogP contribution in [0.5, 0.6) is 0 Å². The lowest BCUT2D eigenvalue weighted by molar-refractivity contribution is 0.0929. The molecule has 1 aromatic heterocycles. The van der Waals surface area contributed by atoms with Gasteiger partial charge in [-0.25, -0.2) is 0 Å². The second kappa shape index (κ2) is 7.04. The molecule has 2 aromatic rings. The highest BCUT2D eigenvalue weighted by Crippen LogP contribution is 2.14. The number of likely N-dealkylation sites (N-methyl/N-ethyl adjacent to an activating group) is 1. The highest BCUT2D eigenvalue weighted by atomic mass is 16.2. The Labute approximate surface area is 130 Å². The van der Waals surface area contributed by atoms with Crippen LogP contribution in [0.2, 0.25) is 0 Å². The molecule has 116 valence electrons. The summed E-state index contributed by atoms with van der Waals surface area (Å²) in [5, 5.41) is 3.00.